The number of tetrazole rings is 1. The first-order valence-corrected chi connectivity index (χ1v) is 6.42. The zero-order valence-corrected chi connectivity index (χ0v) is 11.1. The molecule has 19 heavy (non-hydrogen) atoms. The van der Waals surface area contributed by atoms with E-state index in [2.05, 4.69) is 21.5 Å². The number of methoxy groups -OCH3 is 1. The summed E-state index contributed by atoms with van der Waals surface area (Å²) in [5.74, 6) is 1.65. The molecule has 1 aromatic heterocycles. The van der Waals surface area contributed by atoms with Crippen LogP contribution in [0.2, 0.25) is 0 Å². The fourth-order valence-corrected chi connectivity index (χ4v) is 1.86. The zero-order chi connectivity index (χ0) is 13.5. The molecule has 0 aliphatic carbocycles. The van der Waals surface area contributed by atoms with Gasteiger partial charge < -0.3 is 10.5 Å². The summed E-state index contributed by atoms with van der Waals surface area (Å²) in [6.07, 6.45) is 2.46. The molecule has 2 rings (SSSR count). The molecule has 0 atom stereocenters. The molecule has 1 aromatic carbocycles. The van der Waals surface area contributed by atoms with Crippen LogP contribution in [0, 0.1) is 0 Å². The van der Waals surface area contributed by atoms with Gasteiger partial charge in [-0.2, -0.15) is 4.80 Å². The number of aromatic nitrogens is 4. The summed E-state index contributed by atoms with van der Waals surface area (Å²) in [5.41, 5.74) is 6.60. The summed E-state index contributed by atoms with van der Waals surface area (Å²) in [6.45, 7) is 1.36. The van der Waals surface area contributed by atoms with Crippen molar-refractivity contribution in [1.82, 2.24) is 20.2 Å². The Bertz CT molecular complexity index is 511. The molecule has 0 fully saturated rings. The number of aryl methyl sites for hydroxylation is 3. The van der Waals surface area contributed by atoms with Gasteiger partial charge in [-0.05, 0) is 36.2 Å². The molecular weight excluding hydrogens is 242 g/mol. The van der Waals surface area contributed by atoms with Crippen LogP contribution in [0.5, 0.6) is 5.75 Å². The lowest BCUT2D eigenvalue weighted by Crippen LogP contribution is -2.08. The fraction of sp³-hybridized carbons (Fsp3) is 0.462. The Morgan fingerprint density at radius 3 is 2.89 bits per heavy atom. The highest BCUT2D eigenvalue weighted by Gasteiger charge is 2.06. The van der Waals surface area contributed by atoms with E-state index in [9.17, 15) is 0 Å². The minimum atomic E-state index is 0.637. The molecule has 0 bridgehead atoms. The van der Waals surface area contributed by atoms with Crippen molar-refractivity contribution in [2.75, 3.05) is 13.7 Å². The average molecular weight is 261 g/mol. The maximum Gasteiger partial charge on any atom is 0.175 e. The summed E-state index contributed by atoms with van der Waals surface area (Å²) in [7, 11) is 1.68. The van der Waals surface area contributed by atoms with E-state index in [0.717, 1.165) is 42.9 Å². The number of nitrogens with two attached hydrogens (primary N) is 1. The lowest BCUT2D eigenvalue weighted by Gasteiger charge is -2.06. The largest absolute Gasteiger partial charge is 0.496 e. The molecule has 102 valence electrons. The van der Waals surface area contributed by atoms with E-state index in [-0.39, 0.29) is 0 Å². The maximum absolute atomic E-state index is 5.45. The maximum atomic E-state index is 5.45. The van der Waals surface area contributed by atoms with Crippen LogP contribution in [0.4, 0.5) is 0 Å². The molecule has 1 heterocycles. The molecular formula is C13H19N5O. The zero-order valence-electron chi connectivity index (χ0n) is 11.1. The molecule has 0 aliphatic rings. The number of hydrogen-bond acceptors (Lipinski definition) is 5. The first-order valence-electron chi connectivity index (χ1n) is 6.42. The van der Waals surface area contributed by atoms with Gasteiger partial charge in [0.15, 0.2) is 5.82 Å². The third kappa shape index (κ3) is 3.75. The second kappa shape index (κ2) is 6.84. The van der Waals surface area contributed by atoms with Gasteiger partial charge in [0, 0.05) is 6.42 Å². The standard InChI is InChI=1S/C13H19N5O/c1-19-12-6-3-2-5-11(12)7-8-13-15-17-18(16-13)10-4-9-14/h2-3,5-6H,4,7-10,14H2,1H3. The summed E-state index contributed by atoms with van der Waals surface area (Å²) in [6, 6.07) is 7.98. The predicted octanol–water partition coefficient (Wildman–Crippen LogP) is 0.816. The van der Waals surface area contributed by atoms with Crippen LogP contribution in [0.3, 0.4) is 0 Å². The molecule has 2 aromatic rings. The van der Waals surface area contributed by atoms with E-state index >= 15 is 0 Å². The van der Waals surface area contributed by atoms with Crippen molar-refractivity contribution >= 4 is 0 Å². The number of rotatable bonds is 7. The lowest BCUT2D eigenvalue weighted by atomic mass is 10.1. The SMILES string of the molecule is COc1ccccc1CCc1nnn(CCCN)n1. The molecule has 0 spiro atoms. The average Bonchev–Trinajstić information content (AvgIpc) is 2.91. The Balaban J connectivity index is 1.93. The van der Waals surface area contributed by atoms with Crippen LogP contribution < -0.4 is 10.5 Å². The molecule has 0 radical (unpaired) electrons. The Morgan fingerprint density at radius 2 is 2.11 bits per heavy atom. The molecule has 0 aliphatic heterocycles. The van der Waals surface area contributed by atoms with Crippen molar-refractivity contribution in [2.45, 2.75) is 25.8 Å². The number of nitrogens with zero attached hydrogens (tertiary/aromatic N) is 4. The molecule has 0 amide bonds. The van der Waals surface area contributed by atoms with E-state index in [0.29, 0.717) is 6.54 Å². The number of hydrogen-bond donors (Lipinski definition) is 1. The predicted molar refractivity (Wildman–Crippen MR) is 71.9 cm³/mol. The molecule has 6 heteroatoms. The summed E-state index contributed by atoms with van der Waals surface area (Å²) < 4.78 is 5.32. The normalized spacial score (nSPS) is 10.6. The van der Waals surface area contributed by atoms with Crippen LogP contribution in [-0.4, -0.2) is 33.9 Å². The first kappa shape index (κ1) is 13.5. The monoisotopic (exact) mass is 261 g/mol. The van der Waals surface area contributed by atoms with Crippen molar-refractivity contribution in [1.29, 1.82) is 0 Å². The molecule has 0 saturated carbocycles. The van der Waals surface area contributed by atoms with Crippen molar-refractivity contribution in [2.24, 2.45) is 5.73 Å². The van der Waals surface area contributed by atoms with Gasteiger partial charge in [-0.3, -0.25) is 0 Å². The Morgan fingerprint density at radius 1 is 1.26 bits per heavy atom. The second-order valence-corrected chi connectivity index (χ2v) is 4.26. The summed E-state index contributed by atoms with van der Waals surface area (Å²) >= 11 is 0. The van der Waals surface area contributed by atoms with Gasteiger partial charge in [0.2, 0.25) is 0 Å². The molecule has 0 unspecified atom stereocenters. The third-order valence-electron chi connectivity index (χ3n) is 2.87. The summed E-state index contributed by atoms with van der Waals surface area (Å²) in [4.78, 5) is 1.60. The third-order valence-corrected chi connectivity index (χ3v) is 2.87. The van der Waals surface area contributed by atoms with E-state index in [4.69, 9.17) is 10.5 Å². The Hall–Kier alpha value is -1.95. The van der Waals surface area contributed by atoms with Crippen molar-refractivity contribution < 1.29 is 4.74 Å². The number of ether oxygens (including phenoxy) is 1. The quantitative estimate of drug-likeness (QED) is 0.798. The highest BCUT2D eigenvalue weighted by molar-refractivity contribution is 5.33. The minimum absolute atomic E-state index is 0.637. The topological polar surface area (TPSA) is 78.9 Å². The van der Waals surface area contributed by atoms with E-state index in [1.807, 2.05) is 18.2 Å². The number of benzene rings is 1. The van der Waals surface area contributed by atoms with Gasteiger partial charge in [-0.25, -0.2) is 0 Å². The Labute approximate surface area is 112 Å². The highest BCUT2D eigenvalue weighted by Crippen LogP contribution is 2.18. The van der Waals surface area contributed by atoms with E-state index < -0.39 is 0 Å². The van der Waals surface area contributed by atoms with Gasteiger partial charge in [0.05, 0.1) is 13.7 Å². The van der Waals surface area contributed by atoms with Crippen molar-refractivity contribution in [3.8, 4) is 5.75 Å². The second-order valence-electron chi connectivity index (χ2n) is 4.26. The minimum Gasteiger partial charge on any atom is -0.496 e. The van der Waals surface area contributed by atoms with Crippen LogP contribution in [-0.2, 0) is 19.4 Å². The van der Waals surface area contributed by atoms with Crippen LogP contribution in [0.1, 0.15) is 17.8 Å². The van der Waals surface area contributed by atoms with Crippen LogP contribution in [0.15, 0.2) is 24.3 Å². The molecule has 2 N–H and O–H groups in total. The highest BCUT2D eigenvalue weighted by atomic mass is 16.5. The van der Waals surface area contributed by atoms with Crippen molar-refractivity contribution in [3.05, 3.63) is 35.7 Å². The fourth-order valence-electron chi connectivity index (χ4n) is 1.86. The van der Waals surface area contributed by atoms with Gasteiger partial charge in [0.25, 0.3) is 0 Å². The smallest absolute Gasteiger partial charge is 0.175 e. The van der Waals surface area contributed by atoms with Crippen LogP contribution in [0.25, 0.3) is 0 Å². The van der Waals surface area contributed by atoms with Gasteiger partial charge in [-0.1, -0.05) is 18.2 Å². The van der Waals surface area contributed by atoms with Crippen LogP contribution >= 0.6 is 0 Å². The first-order chi connectivity index (χ1) is 9.33. The molecule has 0 saturated heterocycles. The number of para-hydroxylation sites is 1. The Kier molecular flexibility index (Phi) is 4.85. The van der Waals surface area contributed by atoms with Gasteiger partial charge in [-0.15, -0.1) is 10.2 Å². The van der Waals surface area contributed by atoms with Gasteiger partial charge in [0.1, 0.15) is 5.75 Å². The van der Waals surface area contributed by atoms with E-state index in [1.165, 1.54) is 0 Å². The van der Waals surface area contributed by atoms with Gasteiger partial charge >= 0.3 is 0 Å². The molecule has 6 nitrogen and oxygen atoms in total. The summed E-state index contributed by atoms with van der Waals surface area (Å²) in [5, 5.41) is 12.4. The van der Waals surface area contributed by atoms with E-state index in [1.54, 1.807) is 11.9 Å². The van der Waals surface area contributed by atoms with Crippen molar-refractivity contribution in [3.63, 3.8) is 0 Å². The lowest BCUT2D eigenvalue weighted by molar-refractivity contribution is 0.409.